The van der Waals surface area contributed by atoms with Gasteiger partial charge in [0.1, 0.15) is 5.75 Å². The Bertz CT molecular complexity index is 754. The summed E-state index contributed by atoms with van der Waals surface area (Å²) in [7, 11) is 5.94. The molecular formula is C20H27N3O5. The van der Waals surface area contributed by atoms with Crippen LogP contribution in [-0.4, -0.2) is 63.3 Å². The van der Waals surface area contributed by atoms with E-state index in [-0.39, 0.29) is 5.54 Å². The molecule has 8 heteroatoms. The lowest BCUT2D eigenvalue weighted by Crippen LogP contribution is -2.46. The van der Waals surface area contributed by atoms with Crippen LogP contribution in [0.2, 0.25) is 0 Å². The average molecular weight is 389 g/mol. The Balaban J connectivity index is 0.000000416. The minimum Gasteiger partial charge on any atom is -0.497 e. The minimum absolute atomic E-state index is 0.0370. The molecule has 2 aromatic rings. The Labute approximate surface area is 164 Å². The fraction of sp³-hybridized carbons (Fsp3) is 0.350. The highest BCUT2D eigenvalue weighted by Crippen LogP contribution is 2.22. The molecule has 152 valence electrons. The number of aliphatic carboxylic acids is 2. The van der Waals surface area contributed by atoms with Gasteiger partial charge in [-0.3, -0.25) is 0 Å². The quantitative estimate of drug-likeness (QED) is 0.667. The molecule has 0 aliphatic heterocycles. The number of imidazole rings is 1. The van der Waals surface area contributed by atoms with Crippen LogP contribution in [0.4, 0.5) is 0 Å². The lowest BCUT2D eigenvalue weighted by Gasteiger charge is -2.37. The molecule has 1 aromatic heterocycles. The van der Waals surface area contributed by atoms with Gasteiger partial charge in [-0.05, 0) is 45.1 Å². The summed E-state index contributed by atoms with van der Waals surface area (Å²) in [4.78, 5) is 25.5. The van der Waals surface area contributed by atoms with Crippen molar-refractivity contribution < 1.29 is 24.5 Å². The summed E-state index contributed by atoms with van der Waals surface area (Å²) in [6.45, 7) is 3.18. The van der Waals surface area contributed by atoms with Crippen LogP contribution < -0.4 is 4.74 Å². The highest BCUT2D eigenvalue weighted by atomic mass is 16.5. The Morgan fingerprint density at radius 1 is 1.18 bits per heavy atom. The summed E-state index contributed by atoms with van der Waals surface area (Å²) in [6, 6.07) is 8.30. The maximum absolute atomic E-state index is 9.55. The highest BCUT2D eigenvalue weighted by Gasteiger charge is 2.27. The first kappa shape index (κ1) is 22.9. The first-order valence-corrected chi connectivity index (χ1v) is 8.56. The van der Waals surface area contributed by atoms with Crippen LogP contribution in [-0.2, 0) is 22.6 Å². The molecule has 1 atom stereocenters. The lowest BCUT2D eigenvalue weighted by molar-refractivity contribution is -0.134. The van der Waals surface area contributed by atoms with Crippen LogP contribution >= 0.6 is 0 Å². The number of nitrogens with zero attached hydrogens (tertiary/aromatic N) is 3. The third-order valence-corrected chi connectivity index (χ3v) is 4.27. The van der Waals surface area contributed by atoms with E-state index in [9.17, 15) is 9.59 Å². The number of likely N-dealkylation sites (N-methyl/N-ethyl adjacent to an activating group) is 1. The average Bonchev–Trinajstić information content (AvgIpc) is 3.13. The number of hydrogen-bond donors (Lipinski definition) is 2. The molecule has 1 heterocycles. The van der Waals surface area contributed by atoms with Gasteiger partial charge in [-0.25, -0.2) is 14.6 Å². The zero-order valence-corrected chi connectivity index (χ0v) is 16.6. The summed E-state index contributed by atoms with van der Waals surface area (Å²) >= 11 is 0. The molecule has 0 radical (unpaired) electrons. The molecule has 2 N–H and O–H groups in total. The minimum atomic E-state index is -1.26. The Hall–Kier alpha value is -3.13. The van der Waals surface area contributed by atoms with E-state index in [1.54, 1.807) is 7.11 Å². The predicted molar refractivity (Wildman–Crippen MR) is 105 cm³/mol. The van der Waals surface area contributed by atoms with Crippen molar-refractivity contribution in [3.8, 4) is 5.75 Å². The van der Waals surface area contributed by atoms with E-state index in [0.717, 1.165) is 18.7 Å². The van der Waals surface area contributed by atoms with Gasteiger partial charge in [0.05, 0.1) is 13.4 Å². The number of hydrogen-bond acceptors (Lipinski definition) is 5. The van der Waals surface area contributed by atoms with Crippen LogP contribution in [0.1, 0.15) is 12.5 Å². The second-order valence-electron chi connectivity index (χ2n) is 6.66. The standard InChI is InChI=1S/C16H23N3O.C4H4O4/c1-16(18(2)3,12-19-10-9-17-13-19)11-14-5-7-15(20-4)8-6-14;5-3(6)1-2-4(7)8/h5-10,13H,11-12H2,1-4H3;1-2H,(H,5,6)(H,7,8). The number of carboxylic acids is 2. The second kappa shape index (κ2) is 10.9. The fourth-order valence-electron chi connectivity index (χ4n) is 2.45. The van der Waals surface area contributed by atoms with Gasteiger partial charge in [0, 0.05) is 36.6 Å². The third kappa shape index (κ3) is 8.05. The smallest absolute Gasteiger partial charge is 0.328 e. The maximum atomic E-state index is 9.55. The normalized spacial score (nSPS) is 12.9. The topological polar surface area (TPSA) is 105 Å². The van der Waals surface area contributed by atoms with Gasteiger partial charge in [0.15, 0.2) is 0 Å². The zero-order chi connectivity index (χ0) is 21.2. The molecule has 0 amide bonds. The molecule has 0 spiro atoms. The maximum Gasteiger partial charge on any atom is 0.328 e. The molecule has 0 saturated carbocycles. The number of carboxylic acid groups (broad SMARTS) is 2. The Morgan fingerprint density at radius 3 is 2.14 bits per heavy atom. The molecule has 0 aliphatic rings. The number of rotatable bonds is 8. The number of ether oxygens (including phenoxy) is 1. The van der Waals surface area contributed by atoms with Crippen molar-refractivity contribution in [2.75, 3.05) is 21.2 Å². The van der Waals surface area contributed by atoms with Gasteiger partial charge in [0.25, 0.3) is 0 Å². The molecule has 0 fully saturated rings. The van der Waals surface area contributed by atoms with Crippen LogP contribution in [0.3, 0.4) is 0 Å². The fourth-order valence-corrected chi connectivity index (χ4v) is 2.45. The van der Waals surface area contributed by atoms with Gasteiger partial charge >= 0.3 is 11.9 Å². The van der Waals surface area contributed by atoms with E-state index in [1.807, 2.05) is 30.9 Å². The van der Waals surface area contributed by atoms with E-state index in [4.69, 9.17) is 14.9 Å². The van der Waals surface area contributed by atoms with Gasteiger partial charge in [-0.1, -0.05) is 12.1 Å². The van der Waals surface area contributed by atoms with Gasteiger partial charge in [-0.15, -0.1) is 0 Å². The largest absolute Gasteiger partial charge is 0.497 e. The summed E-state index contributed by atoms with van der Waals surface area (Å²) in [5.41, 5.74) is 1.34. The van der Waals surface area contributed by atoms with E-state index in [1.165, 1.54) is 5.56 Å². The molecule has 0 aliphatic carbocycles. The first-order valence-electron chi connectivity index (χ1n) is 8.56. The number of methoxy groups -OCH3 is 1. The molecule has 1 aromatic carbocycles. The van der Waals surface area contributed by atoms with Gasteiger partial charge < -0.3 is 24.4 Å². The van der Waals surface area contributed by atoms with Crippen molar-refractivity contribution in [1.82, 2.24) is 14.5 Å². The van der Waals surface area contributed by atoms with Crippen molar-refractivity contribution in [3.63, 3.8) is 0 Å². The molecule has 1 unspecified atom stereocenters. The Kier molecular flexibility index (Phi) is 8.90. The Morgan fingerprint density at radius 2 is 1.75 bits per heavy atom. The van der Waals surface area contributed by atoms with Crippen LogP contribution in [0, 0.1) is 0 Å². The monoisotopic (exact) mass is 389 g/mol. The second-order valence-corrected chi connectivity index (χ2v) is 6.66. The zero-order valence-electron chi connectivity index (χ0n) is 16.6. The first-order chi connectivity index (χ1) is 13.2. The number of benzene rings is 1. The summed E-state index contributed by atoms with van der Waals surface area (Å²) in [6.07, 6.45) is 7.79. The molecule has 0 bridgehead atoms. The van der Waals surface area contributed by atoms with Gasteiger partial charge in [-0.2, -0.15) is 0 Å². The third-order valence-electron chi connectivity index (χ3n) is 4.27. The van der Waals surface area contributed by atoms with E-state index < -0.39 is 11.9 Å². The van der Waals surface area contributed by atoms with Gasteiger partial charge in [0.2, 0.25) is 0 Å². The number of aromatic nitrogens is 2. The molecule has 2 rings (SSSR count). The predicted octanol–water partition coefficient (Wildman–Crippen LogP) is 2.17. The SMILES string of the molecule is COc1ccc(CC(C)(Cn2ccnc2)N(C)C)cc1.O=C(O)C=CC(=O)O. The van der Waals surface area contributed by atoms with Crippen molar-refractivity contribution in [2.45, 2.75) is 25.4 Å². The van der Waals surface area contributed by atoms with E-state index in [0.29, 0.717) is 12.2 Å². The van der Waals surface area contributed by atoms with Crippen LogP contribution in [0.25, 0.3) is 0 Å². The summed E-state index contributed by atoms with van der Waals surface area (Å²) < 4.78 is 7.34. The van der Waals surface area contributed by atoms with E-state index in [2.05, 4.69) is 47.6 Å². The van der Waals surface area contributed by atoms with Crippen molar-refractivity contribution in [3.05, 3.63) is 60.7 Å². The van der Waals surface area contributed by atoms with E-state index >= 15 is 0 Å². The molecule has 0 saturated heterocycles. The summed E-state index contributed by atoms with van der Waals surface area (Å²) in [5.74, 6) is -1.62. The van der Waals surface area contributed by atoms with Crippen molar-refractivity contribution >= 4 is 11.9 Å². The highest BCUT2D eigenvalue weighted by molar-refractivity contribution is 5.89. The van der Waals surface area contributed by atoms with Crippen molar-refractivity contribution in [1.29, 1.82) is 0 Å². The molecular weight excluding hydrogens is 362 g/mol. The van der Waals surface area contributed by atoms with Crippen LogP contribution in [0.5, 0.6) is 5.75 Å². The molecule has 28 heavy (non-hydrogen) atoms. The summed E-state index contributed by atoms with van der Waals surface area (Å²) in [5, 5.41) is 15.6. The lowest BCUT2D eigenvalue weighted by atomic mass is 9.91. The van der Waals surface area contributed by atoms with Crippen LogP contribution in [0.15, 0.2) is 55.1 Å². The number of carbonyl (C=O) groups is 2. The molecule has 8 nitrogen and oxygen atoms in total. The van der Waals surface area contributed by atoms with Crippen molar-refractivity contribution in [2.24, 2.45) is 0 Å².